The van der Waals surface area contributed by atoms with Crippen LogP contribution in [-0.4, -0.2) is 15.5 Å². The molecule has 2 N–H and O–H groups in total. The fourth-order valence-electron chi connectivity index (χ4n) is 1.72. The molecule has 0 unspecified atom stereocenters. The van der Waals surface area contributed by atoms with Crippen LogP contribution in [0.3, 0.4) is 0 Å². The Morgan fingerprint density at radius 2 is 2.28 bits per heavy atom. The second-order valence-electron chi connectivity index (χ2n) is 3.63. The van der Waals surface area contributed by atoms with Crippen molar-refractivity contribution in [2.45, 2.75) is 0 Å². The predicted octanol–water partition coefficient (Wildman–Crippen LogP) is 2.52. The van der Waals surface area contributed by atoms with Crippen LogP contribution in [0.15, 0.2) is 42.0 Å². The van der Waals surface area contributed by atoms with E-state index in [-0.39, 0.29) is 0 Å². The number of carbonyl (C=O) groups is 1. The van der Waals surface area contributed by atoms with Crippen molar-refractivity contribution in [3.63, 3.8) is 0 Å². The highest BCUT2D eigenvalue weighted by Crippen LogP contribution is 2.27. The molecule has 0 atom stereocenters. The molecule has 5 nitrogen and oxygen atoms in total. The smallest absolute Gasteiger partial charge is 0.406 e. The van der Waals surface area contributed by atoms with E-state index in [2.05, 4.69) is 4.98 Å². The summed E-state index contributed by atoms with van der Waals surface area (Å²) in [6, 6.07) is 7.38. The van der Waals surface area contributed by atoms with Gasteiger partial charge in [-0.1, -0.05) is 6.07 Å². The third-order valence-corrected chi connectivity index (χ3v) is 3.32. The first kappa shape index (κ1) is 10.8. The van der Waals surface area contributed by atoms with Gasteiger partial charge in [0.2, 0.25) is 0 Å². The van der Waals surface area contributed by atoms with Gasteiger partial charge in [0.1, 0.15) is 0 Å². The molecule has 0 saturated carbocycles. The van der Waals surface area contributed by atoms with Crippen LogP contribution in [0, 0.1) is 0 Å². The number of pyridine rings is 1. The zero-order chi connectivity index (χ0) is 12.5. The standard InChI is InChI=1S/C12H9N3O2S/c13-12(16)17-9-3-1-5-15-7-8(14-11(9)15)10-4-2-6-18-10/h1-7H,(H2,13,16). The maximum absolute atomic E-state index is 10.8. The van der Waals surface area contributed by atoms with E-state index in [0.717, 1.165) is 10.6 Å². The number of fused-ring (bicyclic) bond motifs is 1. The van der Waals surface area contributed by atoms with Gasteiger partial charge in [0.15, 0.2) is 11.4 Å². The Morgan fingerprint density at radius 3 is 3.00 bits per heavy atom. The third kappa shape index (κ3) is 1.82. The quantitative estimate of drug-likeness (QED) is 0.768. The van der Waals surface area contributed by atoms with E-state index < -0.39 is 6.09 Å². The Morgan fingerprint density at radius 1 is 1.39 bits per heavy atom. The lowest BCUT2D eigenvalue weighted by molar-refractivity contribution is 0.211. The number of ether oxygens (including phenoxy) is 1. The van der Waals surface area contributed by atoms with Crippen molar-refractivity contribution >= 4 is 23.1 Å². The van der Waals surface area contributed by atoms with Crippen molar-refractivity contribution in [2.24, 2.45) is 5.73 Å². The first-order valence-corrected chi connectivity index (χ1v) is 6.11. The topological polar surface area (TPSA) is 69.6 Å². The molecule has 0 aliphatic heterocycles. The van der Waals surface area contributed by atoms with E-state index in [1.165, 1.54) is 0 Å². The molecular weight excluding hydrogens is 250 g/mol. The number of primary amides is 1. The van der Waals surface area contributed by atoms with E-state index in [4.69, 9.17) is 10.5 Å². The van der Waals surface area contributed by atoms with E-state index >= 15 is 0 Å². The van der Waals surface area contributed by atoms with Gasteiger partial charge in [0.25, 0.3) is 0 Å². The summed E-state index contributed by atoms with van der Waals surface area (Å²) in [6.45, 7) is 0. The molecule has 3 aromatic rings. The first-order valence-electron chi connectivity index (χ1n) is 5.23. The Bertz CT molecular complexity index is 703. The fraction of sp³-hybridized carbons (Fsp3) is 0. The second-order valence-corrected chi connectivity index (χ2v) is 4.58. The number of nitrogens with two attached hydrogens (primary N) is 1. The van der Waals surface area contributed by atoms with Gasteiger partial charge in [-0.05, 0) is 23.6 Å². The molecule has 1 amide bonds. The van der Waals surface area contributed by atoms with Crippen molar-refractivity contribution in [1.82, 2.24) is 9.38 Å². The maximum atomic E-state index is 10.8. The minimum Gasteiger partial charge on any atom is -0.406 e. The van der Waals surface area contributed by atoms with Gasteiger partial charge in [-0.2, -0.15) is 0 Å². The lowest BCUT2D eigenvalue weighted by Gasteiger charge is -2.01. The molecule has 3 heterocycles. The van der Waals surface area contributed by atoms with Crippen molar-refractivity contribution < 1.29 is 9.53 Å². The molecule has 90 valence electrons. The predicted molar refractivity (Wildman–Crippen MR) is 68.7 cm³/mol. The van der Waals surface area contributed by atoms with Crippen molar-refractivity contribution in [3.05, 3.63) is 42.0 Å². The molecule has 0 saturated heterocycles. The Kier molecular flexibility index (Phi) is 2.49. The summed E-state index contributed by atoms with van der Waals surface area (Å²) < 4.78 is 6.72. The average molecular weight is 259 g/mol. The molecule has 6 heteroatoms. The fourth-order valence-corrected chi connectivity index (χ4v) is 2.40. The summed E-state index contributed by atoms with van der Waals surface area (Å²) in [4.78, 5) is 16.3. The molecular formula is C12H9N3O2S. The minimum atomic E-state index is -0.844. The molecule has 0 fully saturated rings. The summed E-state index contributed by atoms with van der Waals surface area (Å²) in [7, 11) is 0. The Balaban J connectivity index is 2.14. The average Bonchev–Trinajstić information content (AvgIpc) is 2.97. The van der Waals surface area contributed by atoms with E-state index in [1.54, 1.807) is 27.9 Å². The van der Waals surface area contributed by atoms with Crippen LogP contribution in [0.2, 0.25) is 0 Å². The number of aromatic nitrogens is 2. The van der Waals surface area contributed by atoms with Crippen molar-refractivity contribution in [2.75, 3.05) is 0 Å². The Labute approximate surface area is 106 Å². The largest absolute Gasteiger partial charge is 0.410 e. The number of rotatable bonds is 2. The van der Waals surface area contributed by atoms with Gasteiger partial charge in [0, 0.05) is 12.4 Å². The van der Waals surface area contributed by atoms with E-state index in [1.807, 2.05) is 29.9 Å². The number of imidazole rings is 1. The molecule has 0 spiro atoms. The van der Waals surface area contributed by atoms with Crippen LogP contribution in [0.5, 0.6) is 5.75 Å². The summed E-state index contributed by atoms with van der Waals surface area (Å²) in [5.74, 6) is 0.354. The molecule has 0 aromatic carbocycles. The van der Waals surface area contributed by atoms with Crippen molar-refractivity contribution in [3.8, 4) is 16.3 Å². The first-order chi connectivity index (χ1) is 8.74. The zero-order valence-electron chi connectivity index (χ0n) is 9.24. The normalized spacial score (nSPS) is 10.7. The highest BCUT2D eigenvalue weighted by molar-refractivity contribution is 7.13. The van der Waals surface area contributed by atoms with Gasteiger partial charge in [-0.25, -0.2) is 9.78 Å². The molecule has 3 aromatic heterocycles. The van der Waals surface area contributed by atoms with Gasteiger partial charge in [-0.3, -0.25) is 0 Å². The summed E-state index contributed by atoms with van der Waals surface area (Å²) in [5.41, 5.74) is 6.43. The van der Waals surface area contributed by atoms with Crippen LogP contribution in [-0.2, 0) is 0 Å². The second kappa shape index (κ2) is 4.15. The highest BCUT2D eigenvalue weighted by atomic mass is 32.1. The SMILES string of the molecule is NC(=O)Oc1cccn2cc(-c3cccs3)nc12. The molecule has 0 bridgehead atoms. The third-order valence-electron chi connectivity index (χ3n) is 2.43. The summed E-state index contributed by atoms with van der Waals surface area (Å²) in [6.07, 6.45) is 2.88. The number of nitrogens with zero attached hydrogens (tertiary/aromatic N) is 2. The van der Waals surface area contributed by atoms with Crippen LogP contribution >= 0.6 is 11.3 Å². The molecule has 3 rings (SSSR count). The highest BCUT2D eigenvalue weighted by Gasteiger charge is 2.10. The monoisotopic (exact) mass is 259 g/mol. The van der Waals surface area contributed by atoms with Crippen LogP contribution in [0.1, 0.15) is 0 Å². The van der Waals surface area contributed by atoms with Gasteiger partial charge in [-0.15, -0.1) is 11.3 Å². The number of hydrogen-bond donors (Lipinski definition) is 1. The summed E-state index contributed by atoms with van der Waals surface area (Å²) in [5, 5.41) is 1.99. The number of amides is 1. The Hall–Kier alpha value is -2.34. The molecule has 0 aliphatic carbocycles. The molecule has 18 heavy (non-hydrogen) atoms. The lowest BCUT2D eigenvalue weighted by Crippen LogP contribution is -2.16. The number of carbonyl (C=O) groups excluding carboxylic acids is 1. The van der Waals surface area contributed by atoms with Crippen molar-refractivity contribution in [1.29, 1.82) is 0 Å². The van der Waals surface area contributed by atoms with E-state index in [9.17, 15) is 4.79 Å². The zero-order valence-corrected chi connectivity index (χ0v) is 10.1. The van der Waals surface area contributed by atoms with Crippen LogP contribution in [0.4, 0.5) is 4.79 Å². The molecule has 0 radical (unpaired) electrons. The van der Waals surface area contributed by atoms with Crippen LogP contribution < -0.4 is 10.5 Å². The molecule has 0 aliphatic rings. The van der Waals surface area contributed by atoms with Gasteiger partial charge < -0.3 is 14.9 Å². The maximum Gasteiger partial charge on any atom is 0.410 e. The minimum absolute atomic E-state index is 0.354. The summed E-state index contributed by atoms with van der Waals surface area (Å²) >= 11 is 1.60. The lowest BCUT2D eigenvalue weighted by atomic mass is 10.4. The number of thiophene rings is 1. The van der Waals surface area contributed by atoms with Gasteiger partial charge >= 0.3 is 6.09 Å². The van der Waals surface area contributed by atoms with Crippen LogP contribution in [0.25, 0.3) is 16.2 Å². The number of hydrogen-bond acceptors (Lipinski definition) is 4. The van der Waals surface area contributed by atoms with E-state index in [0.29, 0.717) is 11.4 Å². The van der Waals surface area contributed by atoms with Gasteiger partial charge in [0.05, 0.1) is 10.6 Å².